The van der Waals surface area contributed by atoms with Gasteiger partial charge < -0.3 is 14.8 Å². The second-order valence-corrected chi connectivity index (χ2v) is 4.22. The fraction of sp³-hybridized carbons (Fsp3) is 0.286. The highest BCUT2D eigenvalue weighted by atomic mass is 16.5. The Bertz CT molecular complexity index is 573. The van der Waals surface area contributed by atoms with E-state index in [0.717, 1.165) is 11.3 Å². The van der Waals surface area contributed by atoms with Gasteiger partial charge in [0.15, 0.2) is 5.69 Å². The Hall–Kier alpha value is -2.30. The van der Waals surface area contributed by atoms with Gasteiger partial charge in [0.1, 0.15) is 11.6 Å². The SMILES string of the molecule is CCOc1ccc(Cc2nc(C(=O)O)c(C)[nH]2)cc1. The molecule has 0 unspecified atom stereocenters. The van der Waals surface area contributed by atoms with Crippen molar-refractivity contribution in [3.63, 3.8) is 0 Å². The van der Waals surface area contributed by atoms with Crippen LogP contribution in [0.5, 0.6) is 5.75 Å². The van der Waals surface area contributed by atoms with Crippen LogP contribution in [0.1, 0.15) is 34.5 Å². The number of H-pyrrole nitrogens is 1. The maximum Gasteiger partial charge on any atom is 0.356 e. The number of benzene rings is 1. The Balaban J connectivity index is 2.12. The van der Waals surface area contributed by atoms with Gasteiger partial charge in [0.25, 0.3) is 0 Å². The van der Waals surface area contributed by atoms with E-state index in [9.17, 15) is 4.79 Å². The highest BCUT2D eigenvalue weighted by Gasteiger charge is 2.13. The van der Waals surface area contributed by atoms with Gasteiger partial charge in [-0.3, -0.25) is 0 Å². The van der Waals surface area contributed by atoms with Crippen molar-refractivity contribution in [1.82, 2.24) is 9.97 Å². The van der Waals surface area contributed by atoms with Crippen molar-refractivity contribution in [3.05, 3.63) is 47.0 Å². The van der Waals surface area contributed by atoms with Crippen LogP contribution in [-0.4, -0.2) is 27.7 Å². The van der Waals surface area contributed by atoms with Gasteiger partial charge in [-0.05, 0) is 31.5 Å². The van der Waals surface area contributed by atoms with Crippen molar-refractivity contribution in [2.45, 2.75) is 20.3 Å². The summed E-state index contributed by atoms with van der Waals surface area (Å²) in [6.07, 6.45) is 0.570. The van der Waals surface area contributed by atoms with Gasteiger partial charge in [-0.1, -0.05) is 12.1 Å². The summed E-state index contributed by atoms with van der Waals surface area (Å²) in [5.74, 6) is 0.471. The largest absolute Gasteiger partial charge is 0.494 e. The molecule has 0 aliphatic heterocycles. The van der Waals surface area contributed by atoms with E-state index >= 15 is 0 Å². The normalized spacial score (nSPS) is 10.4. The number of aryl methyl sites for hydroxylation is 1. The number of nitrogens with one attached hydrogen (secondary N) is 1. The van der Waals surface area contributed by atoms with E-state index in [0.29, 0.717) is 24.5 Å². The van der Waals surface area contributed by atoms with Crippen LogP contribution in [0.4, 0.5) is 0 Å². The molecule has 0 bridgehead atoms. The summed E-state index contributed by atoms with van der Waals surface area (Å²) in [6, 6.07) is 7.69. The maximum atomic E-state index is 10.9. The molecule has 0 saturated carbocycles. The van der Waals surface area contributed by atoms with Crippen molar-refractivity contribution in [2.24, 2.45) is 0 Å². The molecule has 0 radical (unpaired) electrons. The summed E-state index contributed by atoms with van der Waals surface area (Å²) in [4.78, 5) is 18.0. The monoisotopic (exact) mass is 260 g/mol. The number of aromatic amines is 1. The Morgan fingerprint density at radius 2 is 2.05 bits per heavy atom. The van der Waals surface area contributed by atoms with Crippen LogP contribution < -0.4 is 4.74 Å². The number of carboxylic acids is 1. The molecule has 0 aliphatic rings. The molecule has 2 N–H and O–H groups in total. The van der Waals surface area contributed by atoms with Gasteiger partial charge >= 0.3 is 5.97 Å². The number of hydrogen-bond donors (Lipinski definition) is 2. The molecule has 2 rings (SSSR count). The summed E-state index contributed by atoms with van der Waals surface area (Å²) < 4.78 is 5.36. The molecule has 0 amide bonds. The molecule has 0 saturated heterocycles. The average molecular weight is 260 g/mol. The van der Waals surface area contributed by atoms with Crippen LogP contribution in [0.25, 0.3) is 0 Å². The summed E-state index contributed by atoms with van der Waals surface area (Å²) in [7, 11) is 0. The van der Waals surface area contributed by atoms with E-state index in [1.54, 1.807) is 6.92 Å². The first kappa shape index (κ1) is 13.1. The highest BCUT2D eigenvalue weighted by Crippen LogP contribution is 2.15. The fourth-order valence-corrected chi connectivity index (χ4v) is 1.88. The summed E-state index contributed by atoms with van der Waals surface area (Å²) in [5, 5.41) is 8.94. The Morgan fingerprint density at radius 1 is 1.37 bits per heavy atom. The number of ether oxygens (including phenoxy) is 1. The predicted octanol–water partition coefficient (Wildman–Crippen LogP) is 2.41. The number of nitrogens with zero attached hydrogens (tertiary/aromatic N) is 1. The number of aromatic carboxylic acids is 1. The van der Waals surface area contributed by atoms with Gasteiger partial charge in [-0.15, -0.1) is 0 Å². The van der Waals surface area contributed by atoms with Crippen molar-refractivity contribution >= 4 is 5.97 Å². The lowest BCUT2D eigenvalue weighted by Gasteiger charge is -2.03. The molecule has 1 aromatic carbocycles. The zero-order valence-corrected chi connectivity index (χ0v) is 10.9. The molecule has 0 aliphatic carbocycles. The number of carbonyl (C=O) groups is 1. The lowest BCUT2D eigenvalue weighted by atomic mass is 10.1. The van der Waals surface area contributed by atoms with E-state index in [2.05, 4.69) is 9.97 Å². The maximum absolute atomic E-state index is 10.9. The molecule has 0 fully saturated rings. The number of imidazole rings is 1. The lowest BCUT2D eigenvalue weighted by Crippen LogP contribution is -1.99. The third kappa shape index (κ3) is 3.13. The van der Waals surface area contributed by atoms with Gasteiger partial charge in [-0.2, -0.15) is 0 Å². The summed E-state index contributed by atoms with van der Waals surface area (Å²) in [5.41, 5.74) is 1.71. The predicted molar refractivity (Wildman–Crippen MR) is 70.7 cm³/mol. The molecule has 0 spiro atoms. The van der Waals surface area contributed by atoms with Gasteiger partial charge in [0.2, 0.25) is 0 Å². The molecule has 100 valence electrons. The van der Waals surface area contributed by atoms with Crippen LogP contribution >= 0.6 is 0 Å². The molecule has 2 aromatic rings. The minimum atomic E-state index is -1.01. The fourth-order valence-electron chi connectivity index (χ4n) is 1.88. The first-order chi connectivity index (χ1) is 9.10. The van der Waals surface area contributed by atoms with E-state index in [1.807, 2.05) is 31.2 Å². The zero-order valence-electron chi connectivity index (χ0n) is 10.9. The molecule has 1 aromatic heterocycles. The molecule has 19 heavy (non-hydrogen) atoms. The van der Waals surface area contributed by atoms with Crippen molar-refractivity contribution in [2.75, 3.05) is 6.61 Å². The van der Waals surface area contributed by atoms with Gasteiger partial charge in [0, 0.05) is 12.1 Å². The number of aromatic nitrogens is 2. The van der Waals surface area contributed by atoms with Gasteiger partial charge in [0.05, 0.1) is 6.61 Å². The van der Waals surface area contributed by atoms with E-state index in [-0.39, 0.29) is 5.69 Å². The first-order valence-corrected chi connectivity index (χ1v) is 6.10. The van der Waals surface area contributed by atoms with E-state index < -0.39 is 5.97 Å². The highest BCUT2D eigenvalue weighted by molar-refractivity contribution is 5.86. The van der Waals surface area contributed by atoms with Crippen molar-refractivity contribution in [1.29, 1.82) is 0 Å². The van der Waals surface area contributed by atoms with E-state index in [4.69, 9.17) is 9.84 Å². The van der Waals surface area contributed by atoms with Crippen LogP contribution in [-0.2, 0) is 6.42 Å². The Kier molecular flexibility index (Phi) is 3.85. The zero-order chi connectivity index (χ0) is 13.8. The molecule has 1 heterocycles. The minimum Gasteiger partial charge on any atom is -0.494 e. The average Bonchev–Trinajstić information content (AvgIpc) is 2.73. The standard InChI is InChI=1S/C14H16N2O3/c1-3-19-11-6-4-10(5-7-11)8-12-15-9(2)13(16-12)14(17)18/h4-7H,3,8H2,1-2H3,(H,15,16)(H,17,18). The van der Waals surface area contributed by atoms with E-state index in [1.165, 1.54) is 0 Å². The second kappa shape index (κ2) is 5.56. The summed E-state index contributed by atoms with van der Waals surface area (Å²) >= 11 is 0. The number of hydrogen-bond acceptors (Lipinski definition) is 3. The van der Waals surface area contributed by atoms with Crippen molar-refractivity contribution in [3.8, 4) is 5.75 Å². The molecule has 5 nitrogen and oxygen atoms in total. The summed E-state index contributed by atoms with van der Waals surface area (Å²) in [6.45, 7) is 4.28. The third-order valence-electron chi connectivity index (χ3n) is 2.74. The second-order valence-electron chi connectivity index (χ2n) is 4.22. The third-order valence-corrected chi connectivity index (χ3v) is 2.74. The topological polar surface area (TPSA) is 75.2 Å². The van der Waals surface area contributed by atoms with Crippen LogP contribution in [0.3, 0.4) is 0 Å². The van der Waals surface area contributed by atoms with Crippen LogP contribution in [0, 0.1) is 6.92 Å². The van der Waals surface area contributed by atoms with Crippen LogP contribution in [0.15, 0.2) is 24.3 Å². The van der Waals surface area contributed by atoms with Gasteiger partial charge in [-0.25, -0.2) is 9.78 Å². The quantitative estimate of drug-likeness (QED) is 0.865. The van der Waals surface area contributed by atoms with Crippen molar-refractivity contribution < 1.29 is 14.6 Å². The Labute approximate surface area is 111 Å². The van der Waals surface area contributed by atoms with Crippen LogP contribution in [0.2, 0.25) is 0 Å². The molecular formula is C14H16N2O3. The first-order valence-electron chi connectivity index (χ1n) is 6.10. The lowest BCUT2D eigenvalue weighted by molar-refractivity contribution is 0.0690. The minimum absolute atomic E-state index is 0.0842. The molecule has 0 atom stereocenters. The molecule has 5 heteroatoms. The smallest absolute Gasteiger partial charge is 0.356 e. The number of carboxylic acid groups (broad SMARTS) is 1. The number of rotatable bonds is 5. The molecular weight excluding hydrogens is 244 g/mol. The Morgan fingerprint density at radius 3 is 2.58 bits per heavy atom.